The van der Waals surface area contributed by atoms with Gasteiger partial charge in [0.1, 0.15) is 5.60 Å². The molecular formula is C12H17NO4. The Hall–Kier alpha value is -1.43. The normalized spacial score (nSPS) is 11.3. The molecule has 0 aliphatic rings. The smallest absolute Gasteiger partial charge is 0.251 e. The molecule has 1 aromatic carbocycles. The number of aryl methyl sites for hydroxylation is 1. The first kappa shape index (κ1) is 13.6. The van der Waals surface area contributed by atoms with Gasteiger partial charge in [-0.05, 0) is 19.1 Å². The number of aliphatic hydroxyl groups excluding tert-OH is 2. The molecule has 0 unspecified atom stereocenters. The Labute approximate surface area is 99.7 Å². The summed E-state index contributed by atoms with van der Waals surface area (Å²) in [5.41, 5.74) is -0.169. The van der Waals surface area contributed by atoms with Crippen LogP contribution in [0.5, 0.6) is 0 Å². The van der Waals surface area contributed by atoms with Gasteiger partial charge in [0.25, 0.3) is 5.91 Å². The molecule has 17 heavy (non-hydrogen) atoms. The lowest BCUT2D eigenvalue weighted by Gasteiger charge is -2.23. The van der Waals surface area contributed by atoms with E-state index in [-0.39, 0.29) is 12.5 Å². The van der Waals surface area contributed by atoms with E-state index in [4.69, 9.17) is 10.2 Å². The van der Waals surface area contributed by atoms with Gasteiger partial charge in [-0.1, -0.05) is 17.7 Å². The van der Waals surface area contributed by atoms with Crippen molar-refractivity contribution < 1.29 is 20.1 Å². The Morgan fingerprint density at radius 3 is 2.24 bits per heavy atom. The van der Waals surface area contributed by atoms with Crippen molar-refractivity contribution >= 4 is 5.91 Å². The number of aliphatic hydroxyl groups is 3. The lowest BCUT2D eigenvalue weighted by atomic mass is 10.1. The molecular weight excluding hydrogens is 222 g/mol. The molecule has 0 saturated heterocycles. The summed E-state index contributed by atoms with van der Waals surface area (Å²) in [6.07, 6.45) is 0. The third-order valence-corrected chi connectivity index (χ3v) is 2.48. The minimum absolute atomic E-state index is 0.202. The predicted molar refractivity (Wildman–Crippen MR) is 62.6 cm³/mol. The molecule has 0 fully saturated rings. The number of amides is 1. The van der Waals surface area contributed by atoms with Crippen LogP contribution in [0.4, 0.5) is 0 Å². The van der Waals surface area contributed by atoms with E-state index in [0.717, 1.165) is 5.56 Å². The van der Waals surface area contributed by atoms with Crippen LogP contribution in [0.15, 0.2) is 24.3 Å². The summed E-state index contributed by atoms with van der Waals surface area (Å²) in [7, 11) is 0. The Kier molecular flexibility index (Phi) is 4.62. The molecule has 0 spiro atoms. The van der Waals surface area contributed by atoms with E-state index in [1.165, 1.54) is 0 Å². The highest BCUT2D eigenvalue weighted by Gasteiger charge is 2.25. The SMILES string of the molecule is Cc1ccc(C(=O)NCC(O)(CO)CO)cc1. The molecule has 94 valence electrons. The van der Waals surface area contributed by atoms with Gasteiger partial charge < -0.3 is 20.6 Å². The quantitative estimate of drug-likeness (QED) is 0.554. The van der Waals surface area contributed by atoms with Crippen molar-refractivity contribution in [1.82, 2.24) is 5.32 Å². The van der Waals surface area contributed by atoms with Crippen molar-refractivity contribution in [2.45, 2.75) is 12.5 Å². The van der Waals surface area contributed by atoms with Crippen molar-refractivity contribution in [1.29, 1.82) is 0 Å². The molecule has 5 nitrogen and oxygen atoms in total. The second kappa shape index (κ2) is 5.77. The van der Waals surface area contributed by atoms with Gasteiger partial charge in [-0.2, -0.15) is 0 Å². The van der Waals surface area contributed by atoms with Crippen molar-refractivity contribution in [2.75, 3.05) is 19.8 Å². The summed E-state index contributed by atoms with van der Waals surface area (Å²) < 4.78 is 0. The molecule has 0 aromatic heterocycles. The van der Waals surface area contributed by atoms with Crippen LogP contribution in [0.1, 0.15) is 15.9 Å². The Balaban J connectivity index is 2.58. The molecule has 1 aromatic rings. The third kappa shape index (κ3) is 3.81. The average molecular weight is 239 g/mol. The number of carbonyl (C=O) groups excluding carboxylic acids is 1. The van der Waals surface area contributed by atoms with Crippen LogP contribution >= 0.6 is 0 Å². The van der Waals surface area contributed by atoms with Gasteiger partial charge in [-0.3, -0.25) is 4.79 Å². The maximum absolute atomic E-state index is 11.6. The lowest BCUT2D eigenvalue weighted by molar-refractivity contribution is -0.0515. The van der Waals surface area contributed by atoms with E-state index in [1.807, 2.05) is 6.92 Å². The van der Waals surface area contributed by atoms with Crippen molar-refractivity contribution in [3.8, 4) is 0 Å². The first-order valence-corrected chi connectivity index (χ1v) is 5.30. The number of hydrogen-bond donors (Lipinski definition) is 4. The Morgan fingerprint density at radius 1 is 1.24 bits per heavy atom. The largest absolute Gasteiger partial charge is 0.393 e. The van der Waals surface area contributed by atoms with E-state index in [9.17, 15) is 9.90 Å². The van der Waals surface area contributed by atoms with Crippen LogP contribution in [0.25, 0.3) is 0 Å². The molecule has 5 heteroatoms. The molecule has 0 bridgehead atoms. The van der Waals surface area contributed by atoms with Crippen LogP contribution in [-0.4, -0.2) is 46.6 Å². The van der Waals surface area contributed by atoms with Crippen LogP contribution in [0.3, 0.4) is 0 Å². The van der Waals surface area contributed by atoms with Crippen LogP contribution in [-0.2, 0) is 0 Å². The molecule has 1 amide bonds. The van der Waals surface area contributed by atoms with Crippen LogP contribution in [0, 0.1) is 6.92 Å². The maximum atomic E-state index is 11.6. The van der Waals surface area contributed by atoms with Crippen LogP contribution < -0.4 is 5.32 Å². The molecule has 0 aliphatic heterocycles. The highest BCUT2D eigenvalue weighted by Crippen LogP contribution is 2.04. The van der Waals surface area contributed by atoms with E-state index < -0.39 is 18.8 Å². The zero-order chi connectivity index (χ0) is 12.9. The van der Waals surface area contributed by atoms with Gasteiger partial charge in [0, 0.05) is 5.56 Å². The zero-order valence-corrected chi connectivity index (χ0v) is 9.68. The van der Waals surface area contributed by atoms with E-state index >= 15 is 0 Å². The first-order valence-electron chi connectivity index (χ1n) is 5.30. The molecule has 0 aliphatic carbocycles. The van der Waals surface area contributed by atoms with E-state index in [2.05, 4.69) is 5.32 Å². The first-order chi connectivity index (χ1) is 8.00. The highest BCUT2D eigenvalue weighted by atomic mass is 16.4. The van der Waals surface area contributed by atoms with Gasteiger partial charge >= 0.3 is 0 Å². The minimum atomic E-state index is -1.68. The fourth-order valence-electron chi connectivity index (χ4n) is 1.21. The Morgan fingerprint density at radius 2 is 1.76 bits per heavy atom. The molecule has 0 radical (unpaired) electrons. The fraction of sp³-hybridized carbons (Fsp3) is 0.417. The lowest BCUT2D eigenvalue weighted by Crippen LogP contribution is -2.48. The van der Waals surface area contributed by atoms with Gasteiger partial charge in [0.15, 0.2) is 0 Å². The van der Waals surface area contributed by atoms with E-state index in [0.29, 0.717) is 5.56 Å². The van der Waals surface area contributed by atoms with Gasteiger partial charge in [0.2, 0.25) is 0 Å². The summed E-state index contributed by atoms with van der Waals surface area (Å²) in [6.45, 7) is 0.486. The molecule has 4 N–H and O–H groups in total. The molecule has 0 saturated carbocycles. The molecule has 0 heterocycles. The summed E-state index contributed by atoms with van der Waals surface area (Å²) in [5.74, 6) is -0.356. The van der Waals surface area contributed by atoms with Gasteiger partial charge in [-0.15, -0.1) is 0 Å². The second-order valence-electron chi connectivity index (χ2n) is 4.09. The standard InChI is InChI=1S/C12H17NO4/c1-9-2-4-10(5-3-9)11(16)13-6-12(17,7-14)8-15/h2-5,14-15,17H,6-8H2,1H3,(H,13,16). The fourth-order valence-corrected chi connectivity index (χ4v) is 1.21. The second-order valence-corrected chi connectivity index (χ2v) is 4.09. The summed E-state index contributed by atoms with van der Waals surface area (Å²) in [4.78, 5) is 11.6. The Bertz CT molecular complexity index is 371. The molecule has 0 atom stereocenters. The highest BCUT2D eigenvalue weighted by molar-refractivity contribution is 5.94. The van der Waals surface area contributed by atoms with Crippen molar-refractivity contribution in [3.63, 3.8) is 0 Å². The van der Waals surface area contributed by atoms with Crippen molar-refractivity contribution in [2.24, 2.45) is 0 Å². The monoisotopic (exact) mass is 239 g/mol. The number of benzene rings is 1. The topological polar surface area (TPSA) is 89.8 Å². The van der Waals surface area contributed by atoms with E-state index in [1.54, 1.807) is 24.3 Å². The third-order valence-electron chi connectivity index (χ3n) is 2.48. The number of carbonyl (C=O) groups is 1. The average Bonchev–Trinajstić information content (AvgIpc) is 2.36. The zero-order valence-electron chi connectivity index (χ0n) is 9.68. The summed E-state index contributed by atoms with van der Waals surface area (Å²) in [5, 5.41) is 29.7. The minimum Gasteiger partial charge on any atom is -0.393 e. The predicted octanol–water partition coefficient (Wildman–Crippen LogP) is -0.559. The van der Waals surface area contributed by atoms with Crippen LogP contribution in [0.2, 0.25) is 0 Å². The summed E-state index contributed by atoms with van der Waals surface area (Å²) >= 11 is 0. The van der Waals surface area contributed by atoms with Crippen molar-refractivity contribution in [3.05, 3.63) is 35.4 Å². The summed E-state index contributed by atoms with van der Waals surface area (Å²) in [6, 6.07) is 6.95. The maximum Gasteiger partial charge on any atom is 0.251 e. The van der Waals surface area contributed by atoms with Gasteiger partial charge in [0.05, 0.1) is 19.8 Å². The molecule has 1 rings (SSSR count). The van der Waals surface area contributed by atoms with Gasteiger partial charge in [-0.25, -0.2) is 0 Å². The number of rotatable bonds is 5. The number of nitrogens with one attached hydrogen (secondary N) is 1. The number of hydrogen-bond acceptors (Lipinski definition) is 4.